The van der Waals surface area contributed by atoms with Crippen LogP contribution in [0.3, 0.4) is 0 Å². The van der Waals surface area contributed by atoms with Gasteiger partial charge in [0.25, 0.3) is 0 Å². The minimum Gasteiger partial charge on any atom is -0.493 e. The average Bonchev–Trinajstić information content (AvgIpc) is 2.99. The second-order valence-electron chi connectivity index (χ2n) is 7.31. The zero-order valence-electron chi connectivity index (χ0n) is 18.5. The number of hydrogen-bond acceptors (Lipinski definition) is 7. The molecule has 1 aliphatic carbocycles. The Bertz CT molecular complexity index is 1130. The number of carbonyl (C=O) groups is 1. The number of hydrogen-bond donors (Lipinski definition) is 0. The molecule has 0 N–H and O–H groups in total. The number of rotatable bonds is 6. The number of esters is 1. The van der Waals surface area contributed by atoms with Crippen LogP contribution in [0.5, 0.6) is 17.2 Å². The number of aryl methyl sites for hydroxylation is 1. The lowest BCUT2D eigenvalue weighted by Gasteiger charge is -2.21. The molecule has 0 fully saturated rings. The topological polar surface area (TPSA) is 66.9 Å². The van der Waals surface area contributed by atoms with E-state index in [1.807, 2.05) is 12.3 Å². The molecule has 0 saturated heterocycles. The van der Waals surface area contributed by atoms with Crippen molar-refractivity contribution >= 4 is 17.7 Å². The molecule has 2 aromatic carbocycles. The fraction of sp³-hybridized carbons (Fsp3) is 0.280. The molecule has 32 heavy (non-hydrogen) atoms. The van der Waals surface area contributed by atoms with Crippen LogP contribution in [0.4, 0.5) is 0 Å². The number of ether oxygens (including phenoxy) is 4. The van der Waals surface area contributed by atoms with E-state index in [0.717, 1.165) is 27.1 Å². The first-order chi connectivity index (χ1) is 15.6. The van der Waals surface area contributed by atoms with Gasteiger partial charge in [-0.25, -0.2) is 4.79 Å². The molecule has 3 aromatic rings. The first-order valence-corrected chi connectivity index (χ1v) is 11.4. The third kappa shape index (κ3) is 4.00. The van der Waals surface area contributed by atoms with Gasteiger partial charge < -0.3 is 18.9 Å². The Morgan fingerprint density at radius 3 is 2.53 bits per heavy atom. The summed E-state index contributed by atoms with van der Waals surface area (Å²) in [5, 5.41) is 0. The van der Waals surface area contributed by atoms with E-state index in [2.05, 4.69) is 23.2 Å². The molecule has 0 bridgehead atoms. The lowest BCUT2D eigenvalue weighted by Crippen LogP contribution is -2.12. The maximum atomic E-state index is 12.9. The Labute approximate surface area is 191 Å². The van der Waals surface area contributed by atoms with Gasteiger partial charge in [0.2, 0.25) is 5.75 Å². The van der Waals surface area contributed by atoms with E-state index >= 15 is 0 Å². The molecule has 1 aromatic heterocycles. The van der Waals surface area contributed by atoms with Gasteiger partial charge in [-0.1, -0.05) is 6.07 Å². The molecule has 166 valence electrons. The molecule has 0 radical (unpaired) electrons. The molecule has 1 atom stereocenters. The van der Waals surface area contributed by atoms with Crippen LogP contribution in [-0.2, 0) is 11.2 Å². The molecule has 0 spiro atoms. The lowest BCUT2D eigenvalue weighted by atomic mass is 9.94. The van der Waals surface area contributed by atoms with Crippen LogP contribution in [0.25, 0.3) is 11.1 Å². The molecule has 0 saturated carbocycles. The van der Waals surface area contributed by atoms with Crippen LogP contribution in [0.2, 0.25) is 0 Å². The summed E-state index contributed by atoms with van der Waals surface area (Å²) in [6, 6.07) is 11.6. The molecular weight excluding hydrogens is 426 g/mol. The molecule has 4 rings (SSSR count). The SMILES string of the molecule is COc1cc2c(c(OC)c1OC)-c1ccc(SC)cc1[C@H](OC(=O)c1cccnc1)CC2. The first-order valence-electron chi connectivity index (χ1n) is 10.2. The van der Waals surface area contributed by atoms with Gasteiger partial charge in [-0.05, 0) is 60.6 Å². The van der Waals surface area contributed by atoms with Gasteiger partial charge in [-0.3, -0.25) is 4.98 Å². The number of fused-ring (bicyclic) bond motifs is 3. The number of benzene rings is 2. The summed E-state index contributed by atoms with van der Waals surface area (Å²) < 4.78 is 23.0. The smallest absolute Gasteiger partial charge is 0.340 e. The highest BCUT2D eigenvalue weighted by molar-refractivity contribution is 7.98. The van der Waals surface area contributed by atoms with Gasteiger partial charge in [-0.15, -0.1) is 11.8 Å². The van der Waals surface area contributed by atoms with Crippen LogP contribution in [0, 0.1) is 0 Å². The Balaban J connectivity index is 1.86. The zero-order valence-corrected chi connectivity index (χ0v) is 19.3. The van der Waals surface area contributed by atoms with Gasteiger partial charge >= 0.3 is 5.97 Å². The normalized spacial score (nSPS) is 14.6. The average molecular weight is 452 g/mol. The van der Waals surface area contributed by atoms with E-state index in [-0.39, 0.29) is 0 Å². The minimum absolute atomic E-state index is 0.392. The molecule has 6 nitrogen and oxygen atoms in total. The predicted octanol–water partition coefficient (Wildman–Crippen LogP) is 5.34. The van der Waals surface area contributed by atoms with Crippen molar-refractivity contribution < 1.29 is 23.7 Å². The largest absolute Gasteiger partial charge is 0.493 e. The highest BCUT2D eigenvalue weighted by Gasteiger charge is 2.31. The van der Waals surface area contributed by atoms with Crippen molar-refractivity contribution in [3.63, 3.8) is 0 Å². The van der Waals surface area contributed by atoms with E-state index in [9.17, 15) is 4.79 Å². The van der Waals surface area contributed by atoms with Gasteiger partial charge in [0.1, 0.15) is 6.10 Å². The maximum absolute atomic E-state index is 12.9. The molecule has 1 aliphatic rings. The molecule has 0 amide bonds. The number of aromatic nitrogens is 1. The van der Waals surface area contributed by atoms with E-state index < -0.39 is 12.1 Å². The van der Waals surface area contributed by atoms with Gasteiger partial charge in [0.15, 0.2) is 11.5 Å². The van der Waals surface area contributed by atoms with E-state index in [1.54, 1.807) is 51.4 Å². The summed E-state index contributed by atoms with van der Waals surface area (Å²) in [5.74, 6) is 1.37. The van der Waals surface area contributed by atoms with Crippen molar-refractivity contribution in [3.05, 3.63) is 65.5 Å². The predicted molar refractivity (Wildman–Crippen MR) is 124 cm³/mol. The highest BCUT2D eigenvalue weighted by atomic mass is 32.2. The Morgan fingerprint density at radius 2 is 1.88 bits per heavy atom. The summed E-state index contributed by atoms with van der Waals surface area (Å²) in [7, 11) is 4.83. The molecule has 7 heteroatoms. The summed E-state index contributed by atoms with van der Waals surface area (Å²) in [5.41, 5.74) is 4.32. The van der Waals surface area contributed by atoms with Crippen LogP contribution in [0.15, 0.2) is 53.7 Å². The molecule has 0 aliphatic heterocycles. The first kappa shape index (κ1) is 22.0. The van der Waals surface area contributed by atoms with Crippen molar-refractivity contribution in [2.75, 3.05) is 27.6 Å². The molecule has 1 heterocycles. The van der Waals surface area contributed by atoms with Gasteiger partial charge in [0, 0.05) is 28.4 Å². The van der Waals surface area contributed by atoms with Crippen LogP contribution >= 0.6 is 11.8 Å². The fourth-order valence-corrected chi connectivity index (χ4v) is 4.56. The Kier molecular flexibility index (Phi) is 6.55. The maximum Gasteiger partial charge on any atom is 0.340 e. The zero-order chi connectivity index (χ0) is 22.7. The monoisotopic (exact) mass is 451 g/mol. The van der Waals surface area contributed by atoms with Crippen LogP contribution in [-0.4, -0.2) is 38.5 Å². The van der Waals surface area contributed by atoms with E-state index in [4.69, 9.17) is 18.9 Å². The number of nitrogens with zero attached hydrogens (tertiary/aromatic N) is 1. The van der Waals surface area contributed by atoms with Gasteiger partial charge in [-0.2, -0.15) is 0 Å². The van der Waals surface area contributed by atoms with E-state index in [0.29, 0.717) is 35.7 Å². The second kappa shape index (κ2) is 9.53. The minimum atomic E-state index is -0.418. The molecule has 0 unspecified atom stereocenters. The third-order valence-electron chi connectivity index (χ3n) is 5.61. The summed E-state index contributed by atoms with van der Waals surface area (Å²) >= 11 is 1.64. The van der Waals surface area contributed by atoms with E-state index in [1.165, 1.54) is 6.20 Å². The van der Waals surface area contributed by atoms with Gasteiger partial charge in [0.05, 0.1) is 26.9 Å². The quantitative estimate of drug-likeness (QED) is 0.370. The summed E-state index contributed by atoms with van der Waals surface area (Å²) in [4.78, 5) is 18.0. The van der Waals surface area contributed by atoms with Crippen molar-refractivity contribution in [1.29, 1.82) is 0 Å². The Hall–Kier alpha value is -3.19. The highest BCUT2D eigenvalue weighted by Crippen LogP contribution is 2.51. The van der Waals surface area contributed by atoms with Crippen LogP contribution in [0.1, 0.15) is 34.0 Å². The number of carbonyl (C=O) groups excluding carboxylic acids is 1. The number of pyridine rings is 1. The third-order valence-corrected chi connectivity index (χ3v) is 6.33. The van der Waals surface area contributed by atoms with Crippen LogP contribution < -0.4 is 14.2 Å². The number of thioether (sulfide) groups is 1. The molecular formula is C25H25NO5S. The standard InChI is InChI=1S/C25H25NO5S/c1-28-21-12-15-7-10-20(31-25(27)16-6-5-11-26-14-16)19-13-17(32-4)8-9-18(19)22(15)24(30-3)23(21)29-2/h5-6,8-9,11-14,20H,7,10H2,1-4H3/t20-/m1/s1. The van der Waals surface area contributed by atoms with Crippen molar-refractivity contribution in [2.24, 2.45) is 0 Å². The van der Waals surface area contributed by atoms with Crippen molar-refractivity contribution in [3.8, 4) is 28.4 Å². The lowest BCUT2D eigenvalue weighted by molar-refractivity contribution is 0.0279. The number of methoxy groups -OCH3 is 3. The second-order valence-corrected chi connectivity index (χ2v) is 8.19. The van der Waals surface area contributed by atoms with Crippen molar-refractivity contribution in [2.45, 2.75) is 23.8 Å². The summed E-state index contributed by atoms with van der Waals surface area (Å²) in [6.07, 6.45) is 6.07. The fourth-order valence-electron chi connectivity index (χ4n) is 4.11. The summed E-state index contributed by atoms with van der Waals surface area (Å²) in [6.45, 7) is 0. The Morgan fingerprint density at radius 1 is 1.06 bits per heavy atom. The van der Waals surface area contributed by atoms with Crippen molar-refractivity contribution in [1.82, 2.24) is 4.98 Å².